The number of anilines is 1. The van der Waals surface area contributed by atoms with Gasteiger partial charge in [0.2, 0.25) is 0 Å². The maximum absolute atomic E-state index is 4.63. The van der Waals surface area contributed by atoms with E-state index in [9.17, 15) is 0 Å². The van der Waals surface area contributed by atoms with Gasteiger partial charge in [0.25, 0.3) is 0 Å². The Balaban J connectivity index is 2.51. The van der Waals surface area contributed by atoms with Gasteiger partial charge in [0.05, 0.1) is 9.77 Å². The smallest absolute Gasteiger partial charge is 0.162 e. The average Bonchev–Trinajstić information content (AvgIpc) is 2.80. The average molecular weight is 371 g/mol. The summed E-state index contributed by atoms with van der Waals surface area (Å²) in [5, 5.41) is 7.64. The quantitative estimate of drug-likeness (QED) is 0.822. The number of hydrogen-bond acceptors (Lipinski definition) is 4. The molecule has 6 heteroatoms. The maximum atomic E-state index is 4.63. The number of halogens is 1. The van der Waals surface area contributed by atoms with Crippen LogP contribution < -0.4 is 5.32 Å². The normalized spacial score (nSPS) is 10.7. The van der Waals surface area contributed by atoms with Crippen molar-refractivity contribution in [2.75, 3.05) is 11.9 Å². The lowest BCUT2D eigenvalue weighted by Gasteiger charge is -2.12. The zero-order valence-electron chi connectivity index (χ0n) is 11.4. The van der Waals surface area contributed by atoms with Gasteiger partial charge in [-0.05, 0) is 42.9 Å². The molecule has 0 bridgehead atoms. The molecular formula is C13H18IN5. The minimum atomic E-state index is 0.847. The topological polar surface area (TPSA) is 55.6 Å². The first-order valence-electron chi connectivity index (χ1n) is 6.47. The number of nitrogens with zero attached hydrogens (tertiary/aromatic N) is 4. The van der Waals surface area contributed by atoms with Crippen LogP contribution in [0.1, 0.15) is 31.7 Å². The predicted octanol–water partition coefficient (Wildman–Crippen LogP) is 2.96. The minimum Gasteiger partial charge on any atom is -0.370 e. The first-order chi connectivity index (χ1) is 9.15. The van der Waals surface area contributed by atoms with Gasteiger partial charge in [0.1, 0.15) is 11.6 Å². The molecule has 0 aromatic carbocycles. The SMILES string of the molecule is CCCc1nc(NCC)c(C)c(-n2cc(I)cn2)n1. The molecular weight excluding hydrogens is 353 g/mol. The highest BCUT2D eigenvalue weighted by Crippen LogP contribution is 2.20. The third-order valence-electron chi connectivity index (χ3n) is 2.75. The van der Waals surface area contributed by atoms with Gasteiger partial charge in [0.15, 0.2) is 5.82 Å². The van der Waals surface area contributed by atoms with Crippen LogP contribution in [0.3, 0.4) is 0 Å². The Morgan fingerprint density at radius 1 is 1.32 bits per heavy atom. The zero-order valence-corrected chi connectivity index (χ0v) is 13.6. The Kier molecular flexibility index (Phi) is 4.73. The summed E-state index contributed by atoms with van der Waals surface area (Å²) in [5.74, 6) is 2.63. The predicted molar refractivity (Wildman–Crippen MR) is 84.8 cm³/mol. The first-order valence-corrected chi connectivity index (χ1v) is 7.55. The van der Waals surface area contributed by atoms with Crippen LogP contribution in [-0.4, -0.2) is 26.3 Å². The van der Waals surface area contributed by atoms with Crippen molar-refractivity contribution in [1.82, 2.24) is 19.7 Å². The van der Waals surface area contributed by atoms with Gasteiger partial charge in [-0.1, -0.05) is 6.92 Å². The largest absolute Gasteiger partial charge is 0.370 e. The molecule has 2 aromatic rings. The number of nitrogens with one attached hydrogen (secondary N) is 1. The Hall–Kier alpha value is -1.18. The molecule has 0 fully saturated rings. The van der Waals surface area contributed by atoms with Gasteiger partial charge >= 0.3 is 0 Å². The van der Waals surface area contributed by atoms with Crippen molar-refractivity contribution in [2.45, 2.75) is 33.6 Å². The minimum absolute atomic E-state index is 0.847. The van der Waals surface area contributed by atoms with Crippen molar-refractivity contribution in [3.8, 4) is 5.82 Å². The van der Waals surface area contributed by atoms with E-state index < -0.39 is 0 Å². The monoisotopic (exact) mass is 371 g/mol. The Labute approximate surface area is 127 Å². The fraction of sp³-hybridized carbons (Fsp3) is 0.462. The van der Waals surface area contributed by atoms with E-state index in [1.165, 1.54) is 0 Å². The molecule has 0 aliphatic heterocycles. The summed E-state index contributed by atoms with van der Waals surface area (Å²) in [7, 11) is 0. The van der Waals surface area contributed by atoms with E-state index in [0.717, 1.165) is 46.0 Å². The van der Waals surface area contributed by atoms with Crippen LogP contribution in [0.2, 0.25) is 0 Å². The molecule has 5 nitrogen and oxygen atoms in total. The van der Waals surface area contributed by atoms with E-state index in [1.807, 2.05) is 24.0 Å². The number of hydrogen-bond donors (Lipinski definition) is 1. The van der Waals surface area contributed by atoms with Crippen molar-refractivity contribution >= 4 is 28.4 Å². The van der Waals surface area contributed by atoms with Crippen LogP contribution in [0.25, 0.3) is 5.82 Å². The molecule has 0 aliphatic rings. The second kappa shape index (κ2) is 6.31. The molecule has 19 heavy (non-hydrogen) atoms. The Bertz CT molecular complexity index is 564. The summed E-state index contributed by atoms with van der Waals surface area (Å²) in [6.07, 6.45) is 5.71. The lowest BCUT2D eigenvalue weighted by molar-refractivity contribution is 0.777. The molecule has 2 rings (SSSR count). The summed E-state index contributed by atoms with van der Waals surface area (Å²) in [6.45, 7) is 7.07. The van der Waals surface area contributed by atoms with Gasteiger partial charge in [-0.25, -0.2) is 14.6 Å². The fourth-order valence-corrected chi connectivity index (χ4v) is 2.25. The van der Waals surface area contributed by atoms with E-state index in [1.54, 1.807) is 0 Å². The molecule has 0 unspecified atom stereocenters. The summed E-state index contributed by atoms with van der Waals surface area (Å²) in [6, 6.07) is 0. The van der Waals surface area contributed by atoms with Crippen LogP contribution in [0.15, 0.2) is 12.4 Å². The van der Waals surface area contributed by atoms with Crippen molar-refractivity contribution in [3.63, 3.8) is 0 Å². The highest BCUT2D eigenvalue weighted by molar-refractivity contribution is 14.1. The van der Waals surface area contributed by atoms with E-state index in [-0.39, 0.29) is 0 Å². The standard InChI is InChI=1S/C13H18IN5/c1-4-6-11-17-12(15-5-2)9(3)13(18-11)19-8-10(14)7-16-19/h7-8H,4-6H2,1-3H3,(H,15,17,18). The maximum Gasteiger partial charge on any atom is 0.162 e. The molecule has 0 amide bonds. The number of rotatable bonds is 5. The second-order valence-electron chi connectivity index (χ2n) is 4.32. The Morgan fingerprint density at radius 3 is 2.68 bits per heavy atom. The lowest BCUT2D eigenvalue weighted by Crippen LogP contribution is -2.11. The van der Waals surface area contributed by atoms with Crippen LogP contribution in [0.4, 0.5) is 5.82 Å². The van der Waals surface area contributed by atoms with Gasteiger partial charge < -0.3 is 5.32 Å². The zero-order chi connectivity index (χ0) is 13.8. The molecule has 2 heterocycles. The molecule has 1 N–H and O–H groups in total. The first kappa shape index (κ1) is 14.2. The highest BCUT2D eigenvalue weighted by atomic mass is 127. The van der Waals surface area contributed by atoms with E-state index in [0.29, 0.717) is 0 Å². The van der Waals surface area contributed by atoms with Crippen molar-refractivity contribution < 1.29 is 0 Å². The summed E-state index contributed by atoms with van der Waals surface area (Å²) >= 11 is 2.25. The van der Waals surface area contributed by atoms with Gasteiger partial charge in [-0.3, -0.25) is 0 Å². The molecule has 0 spiro atoms. The van der Waals surface area contributed by atoms with Crippen molar-refractivity contribution in [3.05, 3.63) is 27.4 Å². The highest BCUT2D eigenvalue weighted by Gasteiger charge is 2.12. The van der Waals surface area contributed by atoms with Gasteiger partial charge in [-0.15, -0.1) is 0 Å². The lowest BCUT2D eigenvalue weighted by atomic mass is 10.2. The van der Waals surface area contributed by atoms with Crippen LogP contribution >= 0.6 is 22.6 Å². The third kappa shape index (κ3) is 3.23. The molecule has 0 aliphatic carbocycles. The van der Waals surface area contributed by atoms with E-state index in [4.69, 9.17) is 0 Å². The number of aryl methyl sites for hydroxylation is 1. The molecule has 0 saturated carbocycles. The molecule has 102 valence electrons. The number of aromatic nitrogens is 4. The van der Waals surface area contributed by atoms with E-state index >= 15 is 0 Å². The summed E-state index contributed by atoms with van der Waals surface area (Å²) in [4.78, 5) is 9.21. The summed E-state index contributed by atoms with van der Waals surface area (Å²) < 4.78 is 2.91. The molecule has 0 radical (unpaired) electrons. The van der Waals surface area contributed by atoms with Crippen molar-refractivity contribution in [1.29, 1.82) is 0 Å². The van der Waals surface area contributed by atoms with Crippen LogP contribution in [0.5, 0.6) is 0 Å². The summed E-state index contributed by atoms with van der Waals surface area (Å²) in [5.41, 5.74) is 1.03. The Morgan fingerprint density at radius 2 is 2.11 bits per heavy atom. The second-order valence-corrected chi connectivity index (χ2v) is 5.57. The molecule has 2 aromatic heterocycles. The third-order valence-corrected chi connectivity index (χ3v) is 3.31. The van der Waals surface area contributed by atoms with Crippen LogP contribution in [0, 0.1) is 10.5 Å². The van der Waals surface area contributed by atoms with Crippen molar-refractivity contribution in [2.24, 2.45) is 0 Å². The fourth-order valence-electron chi connectivity index (χ4n) is 1.86. The van der Waals surface area contributed by atoms with E-state index in [2.05, 4.69) is 56.8 Å². The van der Waals surface area contributed by atoms with Gasteiger partial charge in [0, 0.05) is 24.7 Å². The van der Waals surface area contributed by atoms with Gasteiger partial charge in [-0.2, -0.15) is 5.10 Å². The molecule has 0 saturated heterocycles. The molecule has 0 atom stereocenters. The van der Waals surface area contributed by atoms with Crippen LogP contribution in [-0.2, 0) is 6.42 Å².